The molecular weight excluding hydrogens is 281 g/mol. The highest BCUT2D eigenvalue weighted by Crippen LogP contribution is 2.30. The summed E-state index contributed by atoms with van der Waals surface area (Å²) in [5.74, 6) is 3.65. The molecule has 1 aliphatic carbocycles. The van der Waals surface area contributed by atoms with Crippen molar-refractivity contribution < 1.29 is 9.13 Å². The van der Waals surface area contributed by atoms with Crippen molar-refractivity contribution in [1.29, 1.82) is 0 Å². The average molecular weight is 303 g/mol. The van der Waals surface area contributed by atoms with Crippen molar-refractivity contribution in [2.24, 2.45) is 10.9 Å². The molecule has 1 unspecified atom stereocenters. The minimum absolute atomic E-state index is 0.101. The Hall–Kier alpha value is -2.22. The lowest BCUT2D eigenvalue weighted by molar-refractivity contribution is 0.285. The van der Waals surface area contributed by atoms with Crippen LogP contribution in [0.4, 0.5) is 4.39 Å². The van der Waals surface area contributed by atoms with Crippen molar-refractivity contribution in [3.05, 3.63) is 29.6 Å². The van der Waals surface area contributed by atoms with Gasteiger partial charge in [-0.05, 0) is 43.4 Å². The zero-order chi connectivity index (χ0) is 15.9. The lowest BCUT2D eigenvalue weighted by atomic mass is 10.1. The molecule has 4 nitrogen and oxygen atoms in total. The number of aliphatic imine (C=N–C) groups is 1. The molecule has 0 heterocycles. The molecule has 0 aliphatic heterocycles. The van der Waals surface area contributed by atoms with E-state index in [1.165, 1.54) is 18.9 Å². The van der Waals surface area contributed by atoms with Gasteiger partial charge in [0, 0.05) is 7.05 Å². The van der Waals surface area contributed by atoms with Crippen molar-refractivity contribution >= 4 is 5.96 Å². The number of nitrogens with zero attached hydrogens (tertiary/aromatic N) is 1. The second-order valence-electron chi connectivity index (χ2n) is 5.44. The van der Waals surface area contributed by atoms with Crippen LogP contribution in [0.1, 0.15) is 31.4 Å². The van der Waals surface area contributed by atoms with E-state index in [9.17, 15) is 4.39 Å². The number of ether oxygens (including phenoxy) is 1. The molecule has 118 valence electrons. The lowest BCUT2D eigenvalue weighted by Crippen LogP contribution is -2.38. The quantitative estimate of drug-likeness (QED) is 0.482. The number of rotatable bonds is 6. The zero-order valence-corrected chi connectivity index (χ0v) is 13.0. The van der Waals surface area contributed by atoms with Crippen LogP contribution in [0.2, 0.25) is 0 Å². The number of nitrogens with one attached hydrogen (secondary N) is 2. The highest BCUT2D eigenvalue weighted by molar-refractivity contribution is 5.80. The van der Waals surface area contributed by atoms with Gasteiger partial charge in [-0.15, -0.1) is 6.42 Å². The molecule has 1 aromatic carbocycles. The summed E-state index contributed by atoms with van der Waals surface area (Å²) in [6.07, 6.45) is 7.58. The fraction of sp³-hybridized carbons (Fsp3) is 0.471. The van der Waals surface area contributed by atoms with Gasteiger partial charge in [0.15, 0.2) is 17.5 Å². The molecule has 2 N–H and O–H groups in total. The summed E-state index contributed by atoms with van der Waals surface area (Å²) in [4.78, 5) is 4.07. The van der Waals surface area contributed by atoms with E-state index in [-0.39, 0.29) is 11.9 Å². The van der Waals surface area contributed by atoms with E-state index in [2.05, 4.69) is 21.5 Å². The van der Waals surface area contributed by atoms with Gasteiger partial charge in [-0.1, -0.05) is 12.0 Å². The van der Waals surface area contributed by atoms with Gasteiger partial charge in [0.05, 0.1) is 19.2 Å². The first-order valence-electron chi connectivity index (χ1n) is 7.47. The van der Waals surface area contributed by atoms with Crippen LogP contribution in [0.5, 0.6) is 5.75 Å². The van der Waals surface area contributed by atoms with Crippen molar-refractivity contribution in [1.82, 2.24) is 10.6 Å². The number of hydrogen-bond acceptors (Lipinski definition) is 2. The molecule has 0 radical (unpaired) electrons. The van der Waals surface area contributed by atoms with Crippen LogP contribution in [0.3, 0.4) is 0 Å². The van der Waals surface area contributed by atoms with E-state index in [0.29, 0.717) is 30.8 Å². The maximum absolute atomic E-state index is 14.1. The zero-order valence-electron chi connectivity index (χ0n) is 13.0. The molecule has 2 rings (SSSR count). The van der Waals surface area contributed by atoms with Crippen LogP contribution in [0.25, 0.3) is 0 Å². The highest BCUT2D eigenvalue weighted by Gasteiger charge is 2.22. The van der Waals surface area contributed by atoms with Crippen LogP contribution in [0.15, 0.2) is 23.2 Å². The predicted octanol–water partition coefficient (Wildman–Crippen LogP) is 2.47. The monoisotopic (exact) mass is 303 g/mol. The summed E-state index contributed by atoms with van der Waals surface area (Å²) < 4.78 is 19.6. The molecule has 0 saturated heterocycles. The first kappa shape index (κ1) is 16.2. The number of halogens is 1. The predicted molar refractivity (Wildman–Crippen MR) is 86.4 cm³/mol. The van der Waals surface area contributed by atoms with E-state index < -0.39 is 0 Å². The first-order chi connectivity index (χ1) is 10.6. The van der Waals surface area contributed by atoms with E-state index in [1.54, 1.807) is 13.1 Å². The Morgan fingerprint density at radius 2 is 2.32 bits per heavy atom. The summed E-state index contributed by atoms with van der Waals surface area (Å²) in [5, 5.41) is 6.13. The molecular formula is C17H22FN3O. The van der Waals surface area contributed by atoms with E-state index >= 15 is 0 Å². The maximum atomic E-state index is 14.1. The van der Waals surface area contributed by atoms with Gasteiger partial charge in [0.25, 0.3) is 0 Å². The SMILES string of the molecule is C#CCNC(=NC)NC(C)c1ccc(OCC2CC2)c(F)c1. The van der Waals surface area contributed by atoms with Gasteiger partial charge in [0.2, 0.25) is 0 Å². The van der Waals surface area contributed by atoms with Crippen LogP contribution < -0.4 is 15.4 Å². The molecule has 5 heteroatoms. The van der Waals surface area contributed by atoms with Gasteiger partial charge in [-0.2, -0.15) is 0 Å². The topological polar surface area (TPSA) is 45.7 Å². The second-order valence-corrected chi connectivity index (χ2v) is 5.44. The number of benzene rings is 1. The Kier molecular flexibility index (Phi) is 5.65. The molecule has 1 fully saturated rings. The van der Waals surface area contributed by atoms with Crippen molar-refractivity contribution in [2.45, 2.75) is 25.8 Å². The van der Waals surface area contributed by atoms with Gasteiger partial charge in [0.1, 0.15) is 0 Å². The highest BCUT2D eigenvalue weighted by atomic mass is 19.1. The molecule has 0 aromatic heterocycles. The molecule has 1 atom stereocenters. The number of guanidine groups is 1. The Morgan fingerprint density at radius 3 is 2.91 bits per heavy atom. The summed E-state index contributed by atoms with van der Waals surface area (Å²) >= 11 is 0. The summed E-state index contributed by atoms with van der Waals surface area (Å²) in [5.41, 5.74) is 0.819. The molecule has 1 aromatic rings. The van der Waals surface area contributed by atoms with Crippen molar-refractivity contribution in [2.75, 3.05) is 20.2 Å². The Balaban J connectivity index is 1.95. The fourth-order valence-electron chi connectivity index (χ4n) is 2.01. The van der Waals surface area contributed by atoms with E-state index in [0.717, 1.165) is 5.56 Å². The van der Waals surface area contributed by atoms with Crippen LogP contribution in [-0.2, 0) is 0 Å². The van der Waals surface area contributed by atoms with Gasteiger partial charge in [-0.3, -0.25) is 4.99 Å². The van der Waals surface area contributed by atoms with Gasteiger partial charge in [-0.25, -0.2) is 4.39 Å². The first-order valence-corrected chi connectivity index (χ1v) is 7.47. The van der Waals surface area contributed by atoms with Crippen molar-refractivity contribution in [3.63, 3.8) is 0 Å². The Bertz CT molecular complexity index is 576. The smallest absolute Gasteiger partial charge is 0.192 e. The Labute approximate surface area is 131 Å². The molecule has 0 spiro atoms. The average Bonchev–Trinajstić information content (AvgIpc) is 3.34. The third kappa shape index (κ3) is 4.66. The lowest BCUT2D eigenvalue weighted by Gasteiger charge is -2.18. The summed E-state index contributed by atoms with van der Waals surface area (Å²) in [6.45, 7) is 2.92. The third-order valence-electron chi connectivity index (χ3n) is 3.56. The molecule has 1 aliphatic rings. The second kappa shape index (κ2) is 7.69. The minimum Gasteiger partial charge on any atom is -0.490 e. The third-order valence-corrected chi connectivity index (χ3v) is 3.56. The van der Waals surface area contributed by atoms with E-state index in [1.807, 2.05) is 13.0 Å². The van der Waals surface area contributed by atoms with Crippen LogP contribution >= 0.6 is 0 Å². The normalized spacial score (nSPS) is 15.8. The van der Waals surface area contributed by atoms with Gasteiger partial charge < -0.3 is 15.4 Å². The summed E-state index contributed by atoms with van der Waals surface area (Å²) in [6, 6.07) is 4.94. The molecule has 1 saturated carbocycles. The molecule has 0 amide bonds. The number of hydrogen-bond donors (Lipinski definition) is 2. The summed E-state index contributed by atoms with van der Waals surface area (Å²) in [7, 11) is 1.66. The number of terminal acetylenes is 1. The van der Waals surface area contributed by atoms with Crippen LogP contribution in [-0.4, -0.2) is 26.2 Å². The minimum atomic E-state index is -0.335. The molecule has 0 bridgehead atoms. The maximum Gasteiger partial charge on any atom is 0.192 e. The van der Waals surface area contributed by atoms with Crippen LogP contribution in [0, 0.1) is 24.1 Å². The Morgan fingerprint density at radius 1 is 1.55 bits per heavy atom. The van der Waals surface area contributed by atoms with Gasteiger partial charge >= 0.3 is 0 Å². The van der Waals surface area contributed by atoms with E-state index in [4.69, 9.17) is 11.2 Å². The standard InChI is InChI=1S/C17H22FN3O/c1-4-9-20-17(19-3)21-12(2)14-7-8-16(15(18)10-14)22-11-13-5-6-13/h1,7-8,10,12-13H,5-6,9,11H2,2-3H3,(H2,19,20,21). The largest absolute Gasteiger partial charge is 0.490 e. The fourth-order valence-corrected chi connectivity index (χ4v) is 2.01. The molecule has 22 heavy (non-hydrogen) atoms. The van der Waals surface area contributed by atoms with Crippen molar-refractivity contribution in [3.8, 4) is 18.1 Å².